The minimum Gasteiger partial charge on any atom is -0.336 e. The lowest BCUT2D eigenvalue weighted by Crippen LogP contribution is -2.50. The largest absolute Gasteiger partial charge is 0.336 e. The molecule has 2 aromatic carbocycles. The molecular weight excluding hydrogens is 367 g/mol. The van der Waals surface area contributed by atoms with Crippen LogP contribution >= 0.6 is 0 Å². The molecule has 0 saturated carbocycles. The lowest BCUT2D eigenvalue weighted by atomic mass is 10.1. The van der Waals surface area contributed by atoms with Crippen LogP contribution in [0.5, 0.6) is 0 Å². The molecule has 2 aliphatic rings. The predicted molar refractivity (Wildman–Crippen MR) is 99.5 cm³/mol. The number of sulfonamides is 1. The van der Waals surface area contributed by atoms with E-state index >= 15 is 0 Å². The molecule has 0 aromatic heterocycles. The Labute approximate surface area is 158 Å². The molecule has 4 rings (SSSR count). The number of carbonyl (C=O) groups is 1. The van der Waals surface area contributed by atoms with Crippen molar-refractivity contribution in [3.63, 3.8) is 0 Å². The first-order valence-electron chi connectivity index (χ1n) is 9.12. The maximum absolute atomic E-state index is 13.8. The van der Waals surface area contributed by atoms with Crippen LogP contribution < -0.4 is 0 Å². The van der Waals surface area contributed by atoms with Crippen LogP contribution in [0.1, 0.15) is 27.9 Å². The molecule has 2 aromatic rings. The molecule has 7 heteroatoms. The minimum absolute atomic E-state index is 0.0208. The summed E-state index contributed by atoms with van der Waals surface area (Å²) in [6, 6.07) is 11.2. The molecule has 0 N–H and O–H groups in total. The molecule has 0 spiro atoms. The molecule has 5 nitrogen and oxygen atoms in total. The Kier molecular flexibility index (Phi) is 4.74. The van der Waals surface area contributed by atoms with Crippen molar-refractivity contribution in [2.24, 2.45) is 0 Å². The standard InChI is InChI=1S/C20H21FN2O3S/c21-19-7-2-1-6-18(19)20(24)22-10-12-23(13-11-22)27(25,26)17-9-8-15-4-3-5-16(15)14-17/h1-2,6-9,14H,3-5,10-13H2. The Morgan fingerprint density at radius 3 is 2.37 bits per heavy atom. The predicted octanol–water partition coefficient (Wildman–Crippen LogP) is 2.46. The number of amides is 1. The first-order chi connectivity index (χ1) is 13.0. The summed E-state index contributed by atoms with van der Waals surface area (Å²) in [7, 11) is -3.58. The van der Waals surface area contributed by atoms with Gasteiger partial charge in [-0.2, -0.15) is 4.31 Å². The SMILES string of the molecule is O=C(c1ccccc1F)N1CCN(S(=O)(=O)c2ccc3c(c2)CCC3)CC1. The maximum Gasteiger partial charge on any atom is 0.256 e. The summed E-state index contributed by atoms with van der Waals surface area (Å²) < 4.78 is 41.1. The molecule has 0 radical (unpaired) electrons. The second-order valence-electron chi connectivity index (χ2n) is 6.96. The van der Waals surface area contributed by atoms with Crippen molar-refractivity contribution in [3.8, 4) is 0 Å². The minimum atomic E-state index is -3.58. The van der Waals surface area contributed by atoms with Crippen molar-refractivity contribution in [1.82, 2.24) is 9.21 Å². The third-order valence-electron chi connectivity index (χ3n) is 5.34. The number of rotatable bonds is 3. The van der Waals surface area contributed by atoms with Crippen molar-refractivity contribution in [2.45, 2.75) is 24.2 Å². The third kappa shape index (κ3) is 3.37. The molecule has 0 unspecified atom stereocenters. The lowest BCUT2D eigenvalue weighted by molar-refractivity contribution is 0.0693. The number of aryl methyl sites for hydroxylation is 2. The number of benzene rings is 2. The number of piperazine rings is 1. The van der Waals surface area contributed by atoms with E-state index in [0.29, 0.717) is 4.90 Å². The van der Waals surface area contributed by atoms with Gasteiger partial charge in [0.2, 0.25) is 10.0 Å². The molecule has 1 aliphatic carbocycles. The fourth-order valence-corrected chi connectivity index (χ4v) is 5.27. The highest BCUT2D eigenvalue weighted by Gasteiger charge is 2.31. The van der Waals surface area contributed by atoms with Crippen LogP contribution in [0.2, 0.25) is 0 Å². The number of hydrogen-bond acceptors (Lipinski definition) is 3. The van der Waals surface area contributed by atoms with Gasteiger partial charge in [0.15, 0.2) is 0 Å². The summed E-state index contributed by atoms with van der Waals surface area (Å²) in [5.41, 5.74) is 2.37. The second kappa shape index (κ2) is 7.05. The van der Waals surface area contributed by atoms with Crippen molar-refractivity contribution < 1.29 is 17.6 Å². The van der Waals surface area contributed by atoms with E-state index in [2.05, 4.69) is 0 Å². The summed E-state index contributed by atoms with van der Waals surface area (Å²) in [5, 5.41) is 0. The van der Waals surface area contributed by atoms with Gasteiger partial charge in [-0.25, -0.2) is 12.8 Å². The lowest BCUT2D eigenvalue weighted by Gasteiger charge is -2.34. The Hall–Kier alpha value is -2.25. The van der Waals surface area contributed by atoms with Crippen LogP contribution in [-0.2, 0) is 22.9 Å². The first-order valence-corrected chi connectivity index (χ1v) is 10.6. The van der Waals surface area contributed by atoms with Gasteiger partial charge in [-0.1, -0.05) is 18.2 Å². The van der Waals surface area contributed by atoms with E-state index in [9.17, 15) is 17.6 Å². The van der Waals surface area contributed by atoms with Gasteiger partial charge in [-0.3, -0.25) is 4.79 Å². The highest BCUT2D eigenvalue weighted by atomic mass is 32.2. The van der Waals surface area contributed by atoms with E-state index in [-0.39, 0.29) is 31.7 Å². The monoisotopic (exact) mass is 388 g/mol. The fraction of sp³-hybridized carbons (Fsp3) is 0.350. The van der Waals surface area contributed by atoms with Crippen LogP contribution in [0.15, 0.2) is 47.4 Å². The maximum atomic E-state index is 13.8. The van der Waals surface area contributed by atoms with E-state index in [4.69, 9.17) is 0 Å². The van der Waals surface area contributed by atoms with Crippen LogP contribution in [0.25, 0.3) is 0 Å². The molecule has 27 heavy (non-hydrogen) atoms. The van der Waals surface area contributed by atoms with Gasteiger partial charge in [0.1, 0.15) is 5.82 Å². The smallest absolute Gasteiger partial charge is 0.256 e. The van der Waals surface area contributed by atoms with Gasteiger partial charge < -0.3 is 4.90 Å². The molecule has 0 atom stereocenters. The van der Waals surface area contributed by atoms with Gasteiger partial charge >= 0.3 is 0 Å². The number of fused-ring (bicyclic) bond motifs is 1. The van der Waals surface area contributed by atoms with Gasteiger partial charge in [0.05, 0.1) is 10.5 Å². The molecule has 1 aliphatic heterocycles. The van der Waals surface area contributed by atoms with E-state index in [1.54, 1.807) is 18.2 Å². The van der Waals surface area contributed by atoms with E-state index < -0.39 is 21.7 Å². The van der Waals surface area contributed by atoms with Crippen molar-refractivity contribution >= 4 is 15.9 Å². The summed E-state index contributed by atoms with van der Waals surface area (Å²) in [4.78, 5) is 14.3. The number of nitrogens with zero attached hydrogens (tertiary/aromatic N) is 2. The van der Waals surface area contributed by atoms with Gasteiger partial charge in [0.25, 0.3) is 5.91 Å². The Morgan fingerprint density at radius 1 is 0.926 bits per heavy atom. The van der Waals surface area contributed by atoms with Crippen LogP contribution in [0.4, 0.5) is 4.39 Å². The zero-order chi connectivity index (χ0) is 19.0. The van der Waals surface area contributed by atoms with Crippen LogP contribution in [0, 0.1) is 5.82 Å². The first kappa shape index (κ1) is 18.1. The van der Waals surface area contributed by atoms with Crippen LogP contribution in [0.3, 0.4) is 0 Å². The summed E-state index contributed by atoms with van der Waals surface area (Å²) >= 11 is 0. The quantitative estimate of drug-likeness (QED) is 0.812. The van der Waals surface area contributed by atoms with E-state index in [0.717, 1.165) is 24.8 Å². The second-order valence-corrected chi connectivity index (χ2v) is 8.90. The molecule has 1 fully saturated rings. The Bertz CT molecular complexity index is 982. The Morgan fingerprint density at radius 2 is 1.63 bits per heavy atom. The molecule has 1 amide bonds. The number of carbonyl (C=O) groups excluding carboxylic acids is 1. The molecule has 142 valence electrons. The normalized spacial score (nSPS) is 17.7. The topological polar surface area (TPSA) is 57.7 Å². The summed E-state index contributed by atoms with van der Waals surface area (Å²) in [6.07, 6.45) is 2.99. The zero-order valence-corrected chi connectivity index (χ0v) is 15.7. The van der Waals surface area contributed by atoms with Crippen molar-refractivity contribution in [1.29, 1.82) is 0 Å². The molecular formula is C20H21FN2O3S. The molecule has 1 saturated heterocycles. The highest BCUT2D eigenvalue weighted by molar-refractivity contribution is 7.89. The number of hydrogen-bond donors (Lipinski definition) is 0. The van der Waals surface area contributed by atoms with E-state index in [1.165, 1.54) is 33.0 Å². The average Bonchev–Trinajstić information content (AvgIpc) is 3.16. The zero-order valence-electron chi connectivity index (χ0n) is 14.9. The van der Waals surface area contributed by atoms with Gasteiger partial charge in [-0.15, -0.1) is 0 Å². The van der Waals surface area contributed by atoms with Gasteiger partial charge in [0, 0.05) is 26.2 Å². The third-order valence-corrected chi connectivity index (χ3v) is 7.23. The van der Waals surface area contributed by atoms with Crippen molar-refractivity contribution in [2.75, 3.05) is 26.2 Å². The Balaban J connectivity index is 1.47. The van der Waals surface area contributed by atoms with E-state index in [1.807, 2.05) is 6.07 Å². The summed E-state index contributed by atoms with van der Waals surface area (Å²) in [6.45, 7) is 0.911. The highest BCUT2D eigenvalue weighted by Crippen LogP contribution is 2.27. The molecule has 1 heterocycles. The number of halogens is 1. The van der Waals surface area contributed by atoms with Crippen molar-refractivity contribution in [3.05, 3.63) is 65.0 Å². The van der Waals surface area contributed by atoms with Gasteiger partial charge in [-0.05, 0) is 54.7 Å². The summed E-state index contributed by atoms with van der Waals surface area (Å²) in [5.74, 6) is -0.960. The fourth-order valence-electron chi connectivity index (χ4n) is 3.79. The average molecular weight is 388 g/mol. The van der Waals surface area contributed by atoms with Crippen LogP contribution in [-0.4, -0.2) is 49.7 Å². The molecule has 0 bridgehead atoms.